The normalized spacial score (nSPS) is 12.5. The molecule has 2 rings (SSSR count). The van der Waals surface area contributed by atoms with Crippen molar-refractivity contribution in [1.82, 2.24) is 4.57 Å². The van der Waals surface area contributed by atoms with Crippen molar-refractivity contribution in [3.05, 3.63) is 36.0 Å². The lowest BCUT2D eigenvalue weighted by atomic mass is 9.85. The zero-order valence-corrected chi connectivity index (χ0v) is 13.2. The van der Waals surface area contributed by atoms with Crippen LogP contribution in [0.25, 0.3) is 10.9 Å². The van der Waals surface area contributed by atoms with Crippen molar-refractivity contribution in [2.45, 2.75) is 52.5 Å². The summed E-state index contributed by atoms with van der Waals surface area (Å²) in [5, 5.41) is 10.9. The maximum absolute atomic E-state index is 9.66. The Labute approximate surface area is 122 Å². The van der Waals surface area contributed by atoms with Gasteiger partial charge in [-0.3, -0.25) is 0 Å². The Morgan fingerprint density at radius 1 is 1.20 bits per heavy atom. The van der Waals surface area contributed by atoms with E-state index in [2.05, 4.69) is 62.7 Å². The van der Waals surface area contributed by atoms with Gasteiger partial charge in [-0.2, -0.15) is 0 Å². The zero-order chi connectivity index (χ0) is 14.8. The fraction of sp³-hybridized carbons (Fsp3) is 0.556. The Balaban J connectivity index is 2.36. The van der Waals surface area contributed by atoms with Gasteiger partial charge in [0.25, 0.3) is 0 Å². The summed E-state index contributed by atoms with van der Waals surface area (Å²) in [6.07, 6.45) is 4.70. The number of aromatic nitrogens is 1. The molecule has 1 aromatic carbocycles. The highest BCUT2D eigenvalue weighted by Crippen LogP contribution is 2.32. The van der Waals surface area contributed by atoms with E-state index in [-0.39, 0.29) is 12.0 Å². The van der Waals surface area contributed by atoms with Crippen LogP contribution in [0.4, 0.5) is 0 Å². The maximum atomic E-state index is 9.66. The summed E-state index contributed by atoms with van der Waals surface area (Å²) in [6, 6.07) is 8.53. The van der Waals surface area contributed by atoms with Crippen molar-refractivity contribution in [1.29, 1.82) is 0 Å². The van der Waals surface area contributed by atoms with E-state index in [1.165, 1.54) is 29.3 Å². The Bertz CT molecular complexity index is 566. The summed E-state index contributed by atoms with van der Waals surface area (Å²) in [7, 11) is 0. The van der Waals surface area contributed by atoms with Crippen molar-refractivity contribution in [3.8, 4) is 0 Å². The summed E-state index contributed by atoms with van der Waals surface area (Å²) in [5.74, 6) is 0.755. The first-order valence-corrected chi connectivity index (χ1v) is 7.65. The molecular formula is C18H27NO. The van der Waals surface area contributed by atoms with E-state index in [1.54, 1.807) is 0 Å². The van der Waals surface area contributed by atoms with E-state index >= 15 is 0 Å². The van der Waals surface area contributed by atoms with Crippen LogP contribution in [0.2, 0.25) is 0 Å². The van der Waals surface area contributed by atoms with Crippen LogP contribution in [0.1, 0.15) is 46.1 Å². The molecule has 2 nitrogen and oxygen atoms in total. The van der Waals surface area contributed by atoms with Gasteiger partial charge in [0.05, 0.1) is 6.61 Å². The quantitative estimate of drug-likeness (QED) is 0.831. The van der Waals surface area contributed by atoms with E-state index in [9.17, 15) is 5.11 Å². The average molecular weight is 273 g/mol. The number of hydrogen-bond donors (Lipinski definition) is 1. The molecule has 0 bridgehead atoms. The van der Waals surface area contributed by atoms with Gasteiger partial charge in [0.2, 0.25) is 0 Å². The Morgan fingerprint density at radius 2 is 1.90 bits per heavy atom. The van der Waals surface area contributed by atoms with Gasteiger partial charge in [-0.25, -0.2) is 0 Å². The lowest BCUT2D eigenvalue weighted by Gasteiger charge is -2.21. The second kappa shape index (κ2) is 6.01. The highest BCUT2D eigenvalue weighted by Gasteiger charge is 2.24. The van der Waals surface area contributed by atoms with Crippen molar-refractivity contribution < 1.29 is 5.11 Å². The molecule has 1 N–H and O–H groups in total. The predicted octanol–water partition coefficient (Wildman–Crippen LogP) is 4.35. The van der Waals surface area contributed by atoms with Crippen LogP contribution in [-0.2, 0) is 12.0 Å². The first kappa shape index (κ1) is 15.1. The van der Waals surface area contributed by atoms with Gasteiger partial charge >= 0.3 is 0 Å². The molecule has 2 heteroatoms. The van der Waals surface area contributed by atoms with Crippen LogP contribution in [0, 0.1) is 5.92 Å². The van der Waals surface area contributed by atoms with E-state index in [0.717, 1.165) is 12.5 Å². The second-order valence-corrected chi connectivity index (χ2v) is 6.83. The fourth-order valence-corrected chi connectivity index (χ4v) is 2.73. The molecule has 20 heavy (non-hydrogen) atoms. The fourth-order valence-electron chi connectivity index (χ4n) is 2.73. The minimum atomic E-state index is -0.192. The standard InChI is InChI=1S/C18H27NO/c1-14(2)8-7-11-19-12-16(18(3,4)13-20)15-9-5-6-10-17(15)19/h5-6,9-10,12,14,20H,7-8,11,13H2,1-4H3. The highest BCUT2D eigenvalue weighted by molar-refractivity contribution is 5.85. The molecule has 0 aliphatic heterocycles. The third-order valence-corrected chi connectivity index (χ3v) is 4.09. The van der Waals surface area contributed by atoms with E-state index in [1.807, 2.05) is 0 Å². The van der Waals surface area contributed by atoms with Gasteiger partial charge in [-0.15, -0.1) is 0 Å². The molecular weight excluding hydrogens is 246 g/mol. The van der Waals surface area contributed by atoms with Crippen LogP contribution in [0.5, 0.6) is 0 Å². The van der Waals surface area contributed by atoms with Crippen LogP contribution in [0.15, 0.2) is 30.5 Å². The zero-order valence-electron chi connectivity index (χ0n) is 13.2. The Morgan fingerprint density at radius 3 is 2.55 bits per heavy atom. The van der Waals surface area contributed by atoms with Gasteiger partial charge in [-0.05, 0) is 30.4 Å². The van der Waals surface area contributed by atoms with Crippen LogP contribution >= 0.6 is 0 Å². The molecule has 0 atom stereocenters. The average Bonchev–Trinajstić information content (AvgIpc) is 2.78. The number of aliphatic hydroxyl groups is 1. The number of aliphatic hydroxyl groups excluding tert-OH is 1. The number of para-hydroxylation sites is 1. The van der Waals surface area contributed by atoms with E-state index in [0.29, 0.717) is 0 Å². The molecule has 0 saturated carbocycles. The van der Waals surface area contributed by atoms with Gasteiger partial charge in [0.1, 0.15) is 0 Å². The van der Waals surface area contributed by atoms with Crippen LogP contribution in [-0.4, -0.2) is 16.3 Å². The van der Waals surface area contributed by atoms with Gasteiger partial charge < -0.3 is 9.67 Å². The number of fused-ring (bicyclic) bond motifs is 1. The smallest absolute Gasteiger partial charge is 0.0523 e. The summed E-state index contributed by atoms with van der Waals surface area (Å²) in [4.78, 5) is 0. The summed E-state index contributed by atoms with van der Waals surface area (Å²) >= 11 is 0. The number of benzene rings is 1. The number of hydrogen-bond acceptors (Lipinski definition) is 1. The monoisotopic (exact) mass is 273 g/mol. The Hall–Kier alpha value is -1.28. The molecule has 0 fully saturated rings. The highest BCUT2D eigenvalue weighted by atomic mass is 16.3. The molecule has 0 aliphatic carbocycles. The van der Waals surface area contributed by atoms with Crippen LogP contribution < -0.4 is 0 Å². The van der Waals surface area contributed by atoms with E-state index in [4.69, 9.17) is 0 Å². The Kier molecular flexibility index (Phi) is 4.54. The van der Waals surface area contributed by atoms with Crippen molar-refractivity contribution >= 4 is 10.9 Å². The molecule has 2 aromatic rings. The first-order valence-electron chi connectivity index (χ1n) is 7.65. The minimum Gasteiger partial charge on any atom is -0.395 e. The van der Waals surface area contributed by atoms with E-state index < -0.39 is 0 Å². The third-order valence-electron chi connectivity index (χ3n) is 4.09. The van der Waals surface area contributed by atoms with Crippen molar-refractivity contribution in [3.63, 3.8) is 0 Å². The molecule has 0 saturated heterocycles. The topological polar surface area (TPSA) is 25.2 Å². The second-order valence-electron chi connectivity index (χ2n) is 6.83. The molecule has 0 radical (unpaired) electrons. The lowest BCUT2D eigenvalue weighted by molar-refractivity contribution is 0.219. The summed E-state index contributed by atoms with van der Waals surface area (Å²) in [6.45, 7) is 9.98. The molecule has 1 aromatic heterocycles. The van der Waals surface area contributed by atoms with Crippen molar-refractivity contribution in [2.24, 2.45) is 5.92 Å². The van der Waals surface area contributed by atoms with Crippen LogP contribution in [0.3, 0.4) is 0 Å². The summed E-state index contributed by atoms with van der Waals surface area (Å²) < 4.78 is 2.35. The minimum absolute atomic E-state index is 0.174. The largest absolute Gasteiger partial charge is 0.395 e. The number of rotatable bonds is 6. The van der Waals surface area contributed by atoms with Gasteiger partial charge in [0.15, 0.2) is 0 Å². The molecule has 110 valence electrons. The lowest BCUT2D eigenvalue weighted by Crippen LogP contribution is -2.21. The van der Waals surface area contributed by atoms with Gasteiger partial charge in [-0.1, -0.05) is 45.9 Å². The molecule has 0 spiro atoms. The number of aryl methyl sites for hydroxylation is 1. The molecule has 1 heterocycles. The predicted molar refractivity (Wildman–Crippen MR) is 86.1 cm³/mol. The van der Waals surface area contributed by atoms with Crippen molar-refractivity contribution in [2.75, 3.05) is 6.61 Å². The molecule has 0 amide bonds. The maximum Gasteiger partial charge on any atom is 0.0523 e. The third kappa shape index (κ3) is 3.06. The first-order chi connectivity index (χ1) is 9.45. The van der Waals surface area contributed by atoms with Gasteiger partial charge in [0, 0.05) is 29.1 Å². The molecule has 0 aliphatic rings. The summed E-state index contributed by atoms with van der Waals surface area (Å²) in [5.41, 5.74) is 2.34. The SMILES string of the molecule is CC(C)CCCn1cc(C(C)(C)CO)c2ccccc21. The number of nitrogens with zero attached hydrogens (tertiary/aromatic N) is 1. The molecule has 0 unspecified atom stereocenters.